The number of nitrogens with one attached hydrogen (secondary N) is 1. The third-order valence-electron chi connectivity index (χ3n) is 6.12. The van der Waals surface area contributed by atoms with Gasteiger partial charge >= 0.3 is 5.97 Å². The molecule has 0 aromatic heterocycles. The third-order valence-corrected chi connectivity index (χ3v) is 6.12. The highest BCUT2D eigenvalue weighted by Gasteiger charge is 2.46. The molecule has 1 N–H and O–H groups in total. The molecule has 1 fully saturated rings. The number of nitrogens with zero attached hydrogens (tertiary/aromatic N) is 1. The number of ether oxygens (including phenoxy) is 1. The molecule has 1 aliphatic carbocycles. The first-order chi connectivity index (χ1) is 15.2. The summed E-state index contributed by atoms with van der Waals surface area (Å²) in [7, 11) is 1.47. The second kappa shape index (κ2) is 9.94. The average molecular weight is 441 g/mol. The van der Waals surface area contributed by atoms with Gasteiger partial charge in [0.1, 0.15) is 5.82 Å². The van der Waals surface area contributed by atoms with Crippen molar-refractivity contribution in [2.45, 2.75) is 44.9 Å². The van der Waals surface area contributed by atoms with Gasteiger partial charge in [0.25, 0.3) is 5.91 Å². The molecular weight excluding hydrogens is 411 g/mol. The Bertz CT molecular complexity index is 995. The standard InChI is InChI=1S/C25H29FN2O4/c1-17-9-8-10-18(2)23(17)27-21(29)15-28(3)22(30)16-32-24(31)25(13-6-7-14-25)19-11-4-5-12-20(19)26/h4-5,8-12H,6-7,13-16H2,1-3H3,(H,27,29). The van der Waals surface area contributed by atoms with Gasteiger partial charge in [0, 0.05) is 18.3 Å². The molecule has 2 aromatic rings. The van der Waals surface area contributed by atoms with E-state index in [0.717, 1.165) is 29.7 Å². The van der Waals surface area contributed by atoms with E-state index in [1.807, 2.05) is 32.0 Å². The zero-order valence-electron chi connectivity index (χ0n) is 18.7. The fourth-order valence-corrected chi connectivity index (χ4v) is 4.28. The van der Waals surface area contributed by atoms with E-state index in [9.17, 15) is 18.8 Å². The van der Waals surface area contributed by atoms with Gasteiger partial charge < -0.3 is 15.0 Å². The van der Waals surface area contributed by atoms with E-state index in [0.29, 0.717) is 18.4 Å². The topological polar surface area (TPSA) is 75.7 Å². The second-order valence-corrected chi connectivity index (χ2v) is 8.41. The van der Waals surface area contributed by atoms with Crippen molar-refractivity contribution < 1.29 is 23.5 Å². The van der Waals surface area contributed by atoms with Gasteiger partial charge in [-0.2, -0.15) is 0 Å². The number of hydrogen-bond acceptors (Lipinski definition) is 4. The first kappa shape index (κ1) is 23.4. The molecule has 1 saturated carbocycles. The molecule has 0 radical (unpaired) electrons. The Labute approximate surface area is 187 Å². The summed E-state index contributed by atoms with van der Waals surface area (Å²) in [6, 6.07) is 11.9. The van der Waals surface area contributed by atoms with Gasteiger partial charge in [-0.25, -0.2) is 4.39 Å². The molecule has 32 heavy (non-hydrogen) atoms. The van der Waals surface area contributed by atoms with Crippen molar-refractivity contribution in [3.8, 4) is 0 Å². The summed E-state index contributed by atoms with van der Waals surface area (Å²) in [5, 5.41) is 2.83. The number of anilines is 1. The van der Waals surface area contributed by atoms with Crippen LogP contribution in [0, 0.1) is 19.7 Å². The number of carbonyl (C=O) groups excluding carboxylic acids is 3. The van der Waals surface area contributed by atoms with Crippen LogP contribution in [0.25, 0.3) is 0 Å². The first-order valence-electron chi connectivity index (χ1n) is 10.8. The monoisotopic (exact) mass is 440 g/mol. The Hall–Kier alpha value is -3.22. The summed E-state index contributed by atoms with van der Waals surface area (Å²) >= 11 is 0. The smallest absolute Gasteiger partial charge is 0.317 e. The molecule has 0 aliphatic heterocycles. The summed E-state index contributed by atoms with van der Waals surface area (Å²) in [6.07, 6.45) is 2.54. The minimum Gasteiger partial charge on any atom is -0.455 e. The highest BCUT2D eigenvalue weighted by atomic mass is 19.1. The van der Waals surface area contributed by atoms with Gasteiger partial charge in [-0.15, -0.1) is 0 Å². The van der Waals surface area contributed by atoms with Crippen LogP contribution in [-0.2, 0) is 24.5 Å². The SMILES string of the molecule is Cc1cccc(C)c1NC(=O)CN(C)C(=O)COC(=O)C1(c2ccccc2F)CCCC1. The minimum absolute atomic E-state index is 0.178. The predicted octanol–water partition coefficient (Wildman–Crippen LogP) is 3.89. The summed E-state index contributed by atoms with van der Waals surface area (Å²) < 4.78 is 19.8. The Kier molecular flexibility index (Phi) is 7.28. The van der Waals surface area contributed by atoms with Crippen LogP contribution >= 0.6 is 0 Å². The maximum atomic E-state index is 14.4. The van der Waals surface area contributed by atoms with E-state index in [-0.39, 0.29) is 12.5 Å². The fraction of sp³-hybridized carbons (Fsp3) is 0.400. The first-order valence-corrected chi connectivity index (χ1v) is 10.8. The molecule has 0 heterocycles. The molecule has 2 aromatic carbocycles. The molecular formula is C25H29FN2O4. The number of aryl methyl sites for hydroxylation is 2. The number of rotatable bonds is 7. The van der Waals surface area contributed by atoms with Crippen LogP contribution in [0.4, 0.5) is 10.1 Å². The molecule has 2 amide bonds. The van der Waals surface area contributed by atoms with Crippen molar-refractivity contribution in [1.82, 2.24) is 4.90 Å². The molecule has 3 rings (SSSR count). The molecule has 7 heteroatoms. The van der Waals surface area contributed by atoms with Gasteiger partial charge in [-0.05, 0) is 43.9 Å². The zero-order chi connectivity index (χ0) is 23.3. The lowest BCUT2D eigenvalue weighted by Crippen LogP contribution is -2.40. The Morgan fingerprint density at radius 3 is 2.28 bits per heavy atom. The number of esters is 1. The molecule has 170 valence electrons. The van der Waals surface area contributed by atoms with Crippen molar-refractivity contribution in [3.05, 3.63) is 65.0 Å². The largest absolute Gasteiger partial charge is 0.455 e. The molecule has 6 nitrogen and oxygen atoms in total. The molecule has 0 spiro atoms. The van der Waals surface area contributed by atoms with E-state index >= 15 is 0 Å². The van der Waals surface area contributed by atoms with E-state index in [1.54, 1.807) is 18.2 Å². The number of halogens is 1. The van der Waals surface area contributed by atoms with Crippen LogP contribution in [0.1, 0.15) is 42.4 Å². The number of carbonyl (C=O) groups is 3. The lowest BCUT2D eigenvalue weighted by Gasteiger charge is -2.28. The Morgan fingerprint density at radius 2 is 1.66 bits per heavy atom. The number of likely N-dealkylation sites (N-methyl/N-ethyl adjacent to an activating group) is 1. The van der Waals surface area contributed by atoms with Gasteiger partial charge in [0.15, 0.2) is 6.61 Å². The van der Waals surface area contributed by atoms with Crippen LogP contribution in [0.3, 0.4) is 0 Å². The van der Waals surface area contributed by atoms with Crippen molar-refractivity contribution in [3.63, 3.8) is 0 Å². The zero-order valence-corrected chi connectivity index (χ0v) is 18.7. The number of para-hydroxylation sites is 1. The maximum absolute atomic E-state index is 14.4. The third kappa shape index (κ3) is 4.98. The van der Waals surface area contributed by atoms with Crippen molar-refractivity contribution >= 4 is 23.5 Å². The van der Waals surface area contributed by atoms with Gasteiger partial charge in [-0.1, -0.05) is 49.2 Å². The number of hydrogen-bond donors (Lipinski definition) is 1. The lowest BCUT2D eigenvalue weighted by atomic mass is 9.78. The highest BCUT2D eigenvalue weighted by molar-refractivity contribution is 5.96. The normalized spacial score (nSPS) is 14.6. The summed E-state index contributed by atoms with van der Waals surface area (Å²) in [6.45, 7) is 3.11. The van der Waals surface area contributed by atoms with Crippen molar-refractivity contribution in [2.75, 3.05) is 25.5 Å². The molecule has 0 bridgehead atoms. The van der Waals surface area contributed by atoms with Crippen LogP contribution in [0.15, 0.2) is 42.5 Å². The number of benzene rings is 2. The quantitative estimate of drug-likeness (QED) is 0.663. The van der Waals surface area contributed by atoms with Gasteiger partial charge in [-0.3, -0.25) is 14.4 Å². The Balaban J connectivity index is 1.59. The van der Waals surface area contributed by atoms with Crippen molar-refractivity contribution in [2.24, 2.45) is 0 Å². The summed E-state index contributed by atoms with van der Waals surface area (Å²) in [4.78, 5) is 39.0. The average Bonchev–Trinajstić information content (AvgIpc) is 3.25. The van der Waals surface area contributed by atoms with Gasteiger partial charge in [0.05, 0.1) is 12.0 Å². The molecule has 0 saturated heterocycles. The van der Waals surface area contributed by atoms with E-state index in [2.05, 4.69) is 5.32 Å². The van der Waals surface area contributed by atoms with Crippen LogP contribution in [0.2, 0.25) is 0 Å². The predicted molar refractivity (Wildman–Crippen MR) is 120 cm³/mol. The molecule has 1 aliphatic rings. The minimum atomic E-state index is -1.07. The van der Waals surface area contributed by atoms with E-state index < -0.39 is 29.7 Å². The lowest BCUT2D eigenvalue weighted by molar-refractivity contribution is -0.157. The summed E-state index contributed by atoms with van der Waals surface area (Å²) in [5.74, 6) is -1.89. The second-order valence-electron chi connectivity index (χ2n) is 8.41. The van der Waals surface area contributed by atoms with Crippen LogP contribution in [-0.4, -0.2) is 42.9 Å². The van der Waals surface area contributed by atoms with Crippen LogP contribution < -0.4 is 5.32 Å². The van der Waals surface area contributed by atoms with Crippen molar-refractivity contribution in [1.29, 1.82) is 0 Å². The molecule has 0 atom stereocenters. The number of amides is 2. The van der Waals surface area contributed by atoms with E-state index in [1.165, 1.54) is 18.0 Å². The van der Waals surface area contributed by atoms with E-state index in [4.69, 9.17) is 4.74 Å². The fourth-order valence-electron chi connectivity index (χ4n) is 4.28. The molecule has 0 unspecified atom stereocenters. The van der Waals surface area contributed by atoms with Crippen LogP contribution in [0.5, 0.6) is 0 Å². The highest BCUT2D eigenvalue weighted by Crippen LogP contribution is 2.43. The maximum Gasteiger partial charge on any atom is 0.317 e. The Morgan fingerprint density at radius 1 is 1.03 bits per heavy atom. The summed E-state index contributed by atoms with van der Waals surface area (Å²) in [5.41, 5.74) is 1.82. The van der Waals surface area contributed by atoms with Gasteiger partial charge in [0.2, 0.25) is 5.91 Å².